The van der Waals surface area contributed by atoms with Crippen molar-refractivity contribution in [3.8, 4) is 17.0 Å². The number of aromatic nitrogens is 2. The van der Waals surface area contributed by atoms with Crippen molar-refractivity contribution in [3.63, 3.8) is 0 Å². The lowest BCUT2D eigenvalue weighted by Gasteiger charge is -2.32. The van der Waals surface area contributed by atoms with E-state index < -0.39 is 0 Å². The van der Waals surface area contributed by atoms with Crippen LogP contribution in [0.2, 0.25) is 0 Å². The molecule has 6 heteroatoms. The molecule has 2 aromatic rings. The van der Waals surface area contributed by atoms with Crippen LogP contribution in [0.3, 0.4) is 0 Å². The van der Waals surface area contributed by atoms with E-state index in [-0.39, 0.29) is 5.82 Å². The molecule has 0 saturated carbocycles. The molecule has 1 saturated heterocycles. The third-order valence-electron chi connectivity index (χ3n) is 4.90. The molecule has 0 bridgehead atoms. The molecule has 1 fully saturated rings. The van der Waals surface area contributed by atoms with Crippen LogP contribution in [-0.2, 0) is 6.54 Å². The third-order valence-corrected chi connectivity index (χ3v) is 4.90. The number of hydrogen-bond acceptors (Lipinski definition) is 4. The van der Waals surface area contributed by atoms with Gasteiger partial charge in [0.25, 0.3) is 0 Å². The number of hydrogen-bond donors (Lipinski definition) is 1. The molecule has 3 rings (SSSR count). The second-order valence-corrected chi connectivity index (χ2v) is 7.08. The largest absolute Gasteiger partial charge is 0.497 e. The van der Waals surface area contributed by atoms with Crippen LogP contribution < -0.4 is 4.74 Å². The monoisotopic (exact) mass is 346 g/mol. The number of benzene rings is 1. The molecular formula is C19H27FN4O. The molecule has 5 nitrogen and oxygen atoms in total. The molecular weight excluding hydrogens is 319 g/mol. The van der Waals surface area contributed by atoms with Gasteiger partial charge in [-0.05, 0) is 51.5 Å². The predicted molar refractivity (Wildman–Crippen MR) is 97.1 cm³/mol. The summed E-state index contributed by atoms with van der Waals surface area (Å²) in [4.78, 5) is 4.71. The first-order valence-corrected chi connectivity index (χ1v) is 8.80. The summed E-state index contributed by atoms with van der Waals surface area (Å²) >= 11 is 0. The molecule has 1 aromatic heterocycles. The minimum Gasteiger partial charge on any atom is -0.497 e. The van der Waals surface area contributed by atoms with Crippen LogP contribution in [0.1, 0.15) is 18.4 Å². The number of nitrogens with one attached hydrogen (secondary N) is 1. The number of nitrogens with zero attached hydrogens (tertiary/aromatic N) is 3. The fraction of sp³-hybridized carbons (Fsp3) is 0.526. The standard InChI is InChI=1S/C19H27FN4O/c1-23-8-4-5-14(11-23)12-24(2)13-15-10-21-22-19(15)17-7-6-16(25-3)9-18(17)20/h6-7,9-10,14H,4-5,8,11-13H2,1-3H3,(H,21,22)/t14-/m1/s1. The molecule has 1 aliphatic heterocycles. The number of piperidine rings is 1. The first-order valence-electron chi connectivity index (χ1n) is 8.80. The Hall–Kier alpha value is -1.92. The topological polar surface area (TPSA) is 44.4 Å². The molecule has 25 heavy (non-hydrogen) atoms. The number of likely N-dealkylation sites (tertiary alicyclic amines) is 1. The molecule has 1 atom stereocenters. The zero-order valence-corrected chi connectivity index (χ0v) is 15.3. The van der Waals surface area contributed by atoms with Crippen LogP contribution >= 0.6 is 0 Å². The van der Waals surface area contributed by atoms with Gasteiger partial charge in [-0.25, -0.2) is 4.39 Å². The Morgan fingerprint density at radius 2 is 2.28 bits per heavy atom. The molecule has 0 unspecified atom stereocenters. The quantitative estimate of drug-likeness (QED) is 0.873. The number of aromatic amines is 1. The van der Waals surface area contributed by atoms with Gasteiger partial charge in [0.05, 0.1) is 19.0 Å². The van der Waals surface area contributed by atoms with E-state index in [4.69, 9.17) is 4.74 Å². The smallest absolute Gasteiger partial charge is 0.136 e. The van der Waals surface area contributed by atoms with E-state index in [1.807, 2.05) is 0 Å². The lowest BCUT2D eigenvalue weighted by atomic mass is 9.98. The fourth-order valence-electron chi connectivity index (χ4n) is 3.71. The van der Waals surface area contributed by atoms with Gasteiger partial charge in [0.15, 0.2) is 0 Å². The molecule has 1 N–H and O–H groups in total. The summed E-state index contributed by atoms with van der Waals surface area (Å²) in [6, 6.07) is 4.91. The van der Waals surface area contributed by atoms with Gasteiger partial charge in [-0.15, -0.1) is 0 Å². The zero-order valence-electron chi connectivity index (χ0n) is 15.3. The average molecular weight is 346 g/mol. The van der Waals surface area contributed by atoms with Crippen molar-refractivity contribution in [3.05, 3.63) is 35.8 Å². The molecule has 2 heterocycles. The minimum atomic E-state index is -0.304. The Morgan fingerprint density at radius 1 is 1.44 bits per heavy atom. The van der Waals surface area contributed by atoms with Crippen molar-refractivity contribution >= 4 is 0 Å². The van der Waals surface area contributed by atoms with Gasteiger partial charge in [0, 0.05) is 36.8 Å². The highest BCUT2D eigenvalue weighted by Gasteiger charge is 2.20. The normalized spacial score (nSPS) is 18.7. The highest BCUT2D eigenvalue weighted by atomic mass is 19.1. The van der Waals surface area contributed by atoms with Gasteiger partial charge in [-0.2, -0.15) is 5.10 Å². The van der Waals surface area contributed by atoms with E-state index in [0.717, 1.165) is 30.9 Å². The number of methoxy groups -OCH3 is 1. The van der Waals surface area contributed by atoms with Gasteiger partial charge >= 0.3 is 0 Å². The van der Waals surface area contributed by atoms with Crippen LogP contribution in [0.5, 0.6) is 5.75 Å². The van der Waals surface area contributed by atoms with Crippen molar-refractivity contribution in [1.82, 2.24) is 20.0 Å². The maximum Gasteiger partial charge on any atom is 0.136 e. The Balaban J connectivity index is 1.69. The van der Waals surface area contributed by atoms with E-state index in [1.54, 1.807) is 18.3 Å². The molecule has 136 valence electrons. The number of halogens is 1. The van der Waals surface area contributed by atoms with Crippen molar-refractivity contribution in [2.75, 3.05) is 40.8 Å². The Kier molecular flexibility index (Phi) is 5.71. The lowest BCUT2D eigenvalue weighted by molar-refractivity contribution is 0.164. The summed E-state index contributed by atoms with van der Waals surface area (Å²) in [5.74, 6) is 0.902. The number of ether oxygens (including phenoxy) is 1. The third kappa shape index (κ3) is 4.38. The lowest BCUT2D eigenvalue weighted by Crippen LogP contribution is -2.37. The maximum absolute atomic E-state index is 14.4. The maximum atomic E-state index is 14.4. The average Bonchev–Trinajstić information content (AvgIpc) is 3.02. The van der Waals surface area contributed by atoms with Gasteiger partial charge in [0.2, 0.25) is 0 Å². The SMILES string of the molecule is COc1ccc(-c2[nH]ncc2CN(C)C[C@@H]2CCCN(C)C2)c(F)c1. The van der Waals surface area contributed by atoms with Gasteiger partial charge in [0.1, 0.15) is 11.6 Å². The minimum absolute atomic E-state index is 0.304. The van der Waals surface area contributed by atoms with Crippen LogP contribution in [0.4, 0.5) is 4.39 Å². The highest BCUT2D eigenvalue weighted by Crippen LogP contribution is 2.28. The second-order valence-electron chi connectivity index (χ2n) is 7.08. The van der Waals surface area contributed by atoms with E-state index in [2.05, 4.69) is 34.1 Å². The van der Waals surface area contributed by atoms with Gasteiger partial charge in [-0.1, -0.05) is 0 Å². The van der Waals surface area contributed by atoms with Crippen molar-refractivity contribution in [2.24, 2.45) is 5.92 Å². The summed E-state index contributed by atoms with van der Waals surface area (Å²) in [5.41, 5.74) is 2.28. The summed E-state index contributed by atoms with van der Waals surface area (Å²) in [7, 11) is 5.84. The number of H-pyrrole nitrogens is 1. The van der Waals surface area contributed by atoms with Crippen LogP contribution in [0, 0.1) is 11.7 Å². The van der Waals surface area contributed by atoms with Crippen molar-refractivity contribution in [2.45, 2.75) is 19.4 Å². The molecule has 0 spiro atoms. The number of rotatable bonds is 6. The molecule has 0 amide bonds. The predicted octanol–water partition coefficient (Wildman–Crippen LogP) is 3.00. The van der Waals surface area contributed by atoms with E-state index in [9.17, 15) is 4.39 Å². The summed E-state index contributed by atoms with van der Waals surface area (Å²) < 4.78 is 19.5. The van der Waals surface area contributed by atoms with Crippen LogP contribution in [-0.4, -0.2) is 60.8 Å². The molecule has 0 aliphatic carbocycles. The van der Waals surface area contributed by atoms with Gasteiger partial charge < -0.3 is 14.5 Å². The van der Waals surface area contributed by atoms with Crippen molar-refractivity contribution in [1.29, 1.82) is 0 Å². The summed E-state index contributed by atoms with van der Waals surface area (Å²) in [5, 5.41) is 7.09. The first kappa shape index (κ1) is 17.9. The van der Waals surface area contributed by atoms with E-state index in [0.29, 0.717) is 17.2 Å². The Morgan fingerprint density at radius 3 is 3.00 bits per heavy atom. The second kappa shape index (κ2) is 7.97. The Bertz CT molecular complexity index is 702. The Labute approximate surface area is 148 Å². The van der Waals surface area contributed by atoms with E-state index in [1.165, 1.54) is 32.6 Å². The summed E-state index contributed by atoms with van der Waals surface area (Å²) in [6.45, 7) is 4.14. The van der Waals surface area contributed by atoms with Crippen LogP contribution in [0.15, 0.2) is 24.4 Å². The zero-order chi connectivity index (χ0) is 17.8. The molecule has 1 aromatic carbocycles. The van der Waals surface area contributed by atoms with Crippen molar-refractivity contribution < 1.29 is 9.13 Å². The van der Waals surface area contributed by atoms with Crippen LogP contribution in [0.25, 0.3) is 11.3 Å². The van der Waals surface area contributed by atoms with Gasteiger partial charge in [-0.3, -0.25) is 5.10 Å². The fourth-order valence-corrected chi connectivity index (χ4v) is 3.71. The highest BCUT2D eigenvalue weighted by molar-refractivity contribution is 5.64. The van der Waals surface area contributed by atoms with E-state index >= 15 is 0 Å². The molecule has 0 radical (unpaired) electrons. The summed E-state index contributed by atoms with van der Waals surface area (Å²) in [6.07, 6.45) is 4.34. The first-order chi connectivity index (χ1) is 12.1. The molecule has 1 aliphatic rings.